The van der Waals surface area contributed by atoms with Crippen molar-refractivity contribution >= 4 is 33.3 Å². The van der Waals surface area contributed by atoms with Crippen LogP contribution >= 0.6 is 23.1 Å². The van der Waals surface area contributed by atoms with Gasteiger partial charge < -0.3 is 9.40 Å². The summed E-state index contributed by atoms with van der Waals surface area (Å²) in [6.07, 6.45) is 1.61. The number of aromatic amines is 1. The van der Waals surface area contributed by atoms with Gasteiger partial charge in [0.2, 0.25) is 0 Å². The molecule has 0 atom stereocenters. The molecule has 3 heterocycles. The Bertz CT molecular complexity index is 1090. The number of thiophene rings is 1. The Morgan fingerprint density at radius 2 is 2.16 bits per heavy atom. The first-order valence-electron chi connectivity index (χ1n) is 7.86. The second kappa shape index (κ2) is 6.54. The average molecular weight is 368 g/mol. The lowest BCUT2D eigenvalue weighted by Crippen LogP contribution is -2.10. The molecular formula is C19H16N2O2S2. The summed E-state index contributed by atoms with van der Waals surface area (Å²) in [5.74, 6) is 2.01. The molecule has 0 unspecified atom stereocenters. The normalized spacial score (nSPS) is 11.3. The molecule has 0 aliphatic carbocycles. The summed E-state index contributed by atoms with van der Waals surface area (Å²) in [5, 5.41) is 2.52. The number of aromatic nitrogens is 2. The third kappa shape index (κ3) is 3.15. The van der Waals surface area contributed by atoms with Crippen molar-refractivity contribution in [3.8, 4) is 11.3 Å². The lowest BCUT2D eigenvalue weighted by atomic mass is 10.2. The number of hydrogen-bond donors (Lipinski definition) is 1. The number of H-pyrrole nitrogens is 1. The van der Waals surface area contributed by atoms with Crippen molar-refractivity contribution in [1.82, 2.24) is 9.97 Å². The van der Waals surface area contributed by atoms with Gasteiger partial charge in [-0.1, -0.05) is 17.7 Å². The molecule has 4 nitrogen and oxygen atoms in total. The standard InChI is InChI=1S/C19H16N2O2S2/c1-11-5-6-15(12(2)8-11)24-10-16-20-18(22)17-13(9-25-19(17)21-16)14-4-3-7-23-14/h3-9H,10H2,1-2H3,(H,20,21,22). The van der Waals surface area contributed by atoms with Crippen molar-refractivity contribution in [3.63, 3.8) is 0 Å². The molecule has 0 radical (unpaired) electrons. The fourth-order valence-corrected chi connectivity index (χ4v) is 4.61. The highest BCUT2D eigenvalue weighted by atomic mass is 32.2. The zero-order valence-electron chi connectivity index (χ0n) is 13.8. The Hall–Kier alpha value is -2.31. The van der Waals surface area contributed by atoms with E-state index in [4.69, 9.17) is 4.42 Å². The van der Waals surface area contributed by atoms with E-state index in [1.54, 1.807) is 18.0 Å². The number of nitrogens with one attached hydrogen (secondary N) is 1. The van der Waals surface area contributed by atoms with Crippen molar-refractivity contribution in [3.05, 3.63) is 69.3 Å². The van der Waals surface area contributed by atoms with E-state index in [2.05, 4.69) is 42.0 Å². The van der Waals surface area contributed by atoms with E-state index in [9.17, 15) is 4.79 Å². The molecule has 6 heteroatoms. The minimum Gasteiger partial charge on any atom is -0.464 e. The molecular weight excluding hydrogens is 352 g/mol. The second-order valence-electron chi connectivity index (χ2n) is 5.88. The van der Waals surface area contributed by atoms with E-state index >= 15 is 0 Å². The zero-order valence-corrected chi connectivity index (χ0v) is 15.5. The smallest absolute Gasteiger partial charge is 0.260 e. The molecule has 0 spiro atoms. The molecule has 126 valence electrons. The van der Waals surface area contributed by atoms with Crippen LogP contribution in [-0.2, 0) is 5.75 Å². The van der Waals surface area contributed by atoms with Crippen LogP contribution in [0.25, 0.3) is 21.5 Å². The summed E-state index contributed by atoms with van der Waals surface area (Å²) < 4.78 is 5.42. The number of benzene rings is 1. The molecule has 0 saturated heterocycles. The largest absolute Gasteiger partial charge is 0.464 e. The van der Waals surface area contributed by atoms with Crippen LogP contribution in [0.5, 0.6) is 0 Å². The minimum absolute atomic E-state index is 0.117. The number of aryl methyl sites for hydroxylation is 2. The van der Waals surface area contributed by atoms with Crippen LogP contribution in [0, 0.1) is 13.8 Å². The topological polar surface area (TPSA) is 58.9 Å². The number of furan rings is 1. The van der Waals surface area contributed by atoms with E-state index in [0.717, 1.165) is 10.4 Å². The van der Waals surface area contributed by atoms with Crippen molar-refractivity contribution < 1.29 is 4.42 Å². The minimum atomic E-state index is -0.117. The van der Waals surface area contributed by atoms with Crippen LogP contribution in [-0.4, -0.2) is 9.97 Å². The second-order valence-corrected chi connectivity index (χ2v) is 7.75. The van der Waals surface area contributed by atoms with Crippen molar-refractivity contribution in [2.75, 3.05) is 0 Å². The average Bonchev–Trinajstić information content (AvgIpc) is 3.23. The van der Waals surface area contributed by atoms with Crippen LogP contribution in [0.4, 0.5) is 0 Å². The Morgan fingerprint density at radius 3 is 2.92 bits per heavy atom. The predicted molar refractivity (Wildman–Crippen MR) is 103 cm³/mol. The zero-order chi connectivity index (χ0) is 17.4. The van der Waals surface area contributed by atoms with Crippen LogP contribution in [0.3, 0.4) is 0 Å². The van der Waals surface area contributed by atoms with E-state index in [1.165, 1.54) is 27.4 Å². The van der Waals surface area contributed by atoms with Gasteiger partial charge in [0.25, 0.3) is 5.56 Å². The summed E-state index contributed by atoms with van der Waals surface area (Å²) in [7, 11) is 0. The van der Waals surface area contributed by atoms with Gasteiger partial charge in [-0.25, -0.2) is 4.98 Å². The van der Waals surface area contributed by atoms with E-state index in [0.29, 0.717) is 22.7 Å². The molecule has 4 rings (SSSR count). The molecule has 4 aromatic rings. The van der Waals surface area contributed by atoms with Crippen LogP contribution in [0.15, 0.2) is 56.1 Å². The monoisotopic (exact) mass is 368 g/mol. The molecule has 1 aromatic carbocycles. The number of nitrogens with zero attached hydrogens (tertiary/aromatic N) is 1. The van der Waals surface area contributed by atoms with Gasteiger partial charge in [-0.15, -0.1) is 23.1 Å². The maximum absolute atomic E-state index is 12.6. The van der Waals surface area contributed by atoms with E-state index in [1.807, 2.05) is 17.5 Å². The predicted octanol–water partition coefficient (Wildman–Crippen LogP) is 5.15. The summed E-state index contributed by atoms with van der Waals surface area (Å²) >= 11 is 3.15. The number of hydrogen-bond acceptors (Lipinski definition) is 5. The van der Waals surface area contributed by atoms with Gasteiger partial charge in [-0.2, -0.15) is 0 Å². The fourth-order valence-electron chi connectivity index (χ4n) is 2.78. The van der Waals surface area contributed by atoms with Gasteiger partial charge in [-0.3, -0.25) is 4.79 Å². The van der Waals surface area contributed by atoms with Crippen LogP contribution < -0.4 is 5.56 Å². The van der Waals surface area contributed by atoms with Crippen LogP contribution in [0.2, 0.25) is 0 Å². The van der Waals surface area contributed by atoms with E-state index < -0.39 is 0 Å². The Labute approximate surface area is 152 Å². The number of fused-ring (bicyclic) bond motifs is 1. The quantitative estimate of drug-likeness (QED) is 0.506. The highest BCUT2D eigenvalue weighted by Gasteiger charge is 2.14. The molecule has 3 aromatic heterocycles. The third-order valence-electron chi connectivity index (χ3n) is 3.97. The van der Waals surface area contributed by atoms with E-state index in [-0.39, 0.29) is 5.56 Å². The summed E-state index contributed by atoms with van der Waals surface area (Å²) in [6, 6.07) is 10.0. The Kier molecular flexibility index (Phi) is 4.23. The lowest BCUT2D eigenvalue weighted by Gasteiger charge is -2.06. The van der Waals surface area contributed by atoms with Crippen LogP contribution in [0.1, 0.15) is 17.0 Å². The van der Waals surface area contributed by atoms with Gasteiger partial charge >= 0.3 is 0 Å². The number of rotatable bonds is 4. The summed E-state index contributed by atoms with van der Waals surface area (Å²) in [6.45, 7) is 4.19. The first-order valence-corrected chi connectivity index (χ1v) is 9.72. The lowest BCUT2D eigenvalue weighted by molar-refractivity contribution is 0.583. The van der Waals surface area contributed by atoms with Gasteiger partial charge in [0.1, 0.15) is 16.4 Å². The molecule has 0 amide bonds. The Balaban J connectivity index is 1.64. The molecule has 0 fully saturated rings. The molecule has 0 saturated carbocycles. The first kappa shape index (κ1) is 16.2. The van der Waals surface area contributed by atoms with Crippen molar-refractivity contribution in [1.29, 1.82) is 0 Å². The first-order chi connectivity index (χ1) is 12.1. The molecule has 1 N–H and O–H groups in total. The van der Waals surface area contributed by atoms with Crippen molar-refractivity contribution in [2.45, 2.75) is 24.5 Å². The highest BCUT2D eigenvalue weighted by Crippen LogP contribution is 2.31. The summed E-state index contributed by atoms with van der Waals surface area (Å²) in [4.78, 5) is 22.1. The van der Waals surface area contributed by atoms with Gasteiger partial charge in [0.15, 0.2) is 0 Å². The summed E-state index contributed by atoms with van der Waals surface area (Å²) in [5.41, 5.74) is 3.17. The maximum atomic E-state index is 12.6. The van der Waals surface area contributed by atoms with Gasteiger partial charge in [0, 0.05) is 15.8 Å². The number of thioether (sulfide) groups is 1. The third-order valence-corrected chi connectivity index (χ3v) is 6.03. The van der Waals surface area contributed by atoms with Gasteiger partial charge in [0.05, 0.1) is 17.4 Å². The van der Waals surface area contributed by atoms with Crippen molar-refractivity contribution in [2.24, 2.45) is 0 Å². The van der Waals surface area contributed by atoms with Gasteiger partial charge in [-0.05, 0) is 37.6 Å². The molecule has 0 bridgehead atoms. The molecule has 0 aliphatic rings. The fraction of sp³-hybridized carbons (Fsp3) is 0.158. The molecule has 0 aliphatic heterocycles. The maximum Gasteiger partial charge on any atom is 0.260 e. The highest BCUT2D eigenvalue weighted by molar-refractivity contribution is 7.98. The molecule has 25 heavy (non-hydrogen) atoms. The SMILES string of the molecule is Cc1ccc(SCc2nc3scc(-c4ccco4)c3c(=O)[nH]2)c(C)c1. The Morgan fingerprint density at radius 1 is 1.28 bits per heavy atom.